The highest BCUT2D eigenvalue weighted by molar-refractivity contribution is 9.08. The number of hydrogen-bond acceptors (Lipinski definition) is 1. The maximum absolute atomic E-state index is 6.05. The third kappa shape index (κ3) is 2.67. The van der Waals surface area contributed by atoms with Gasteiger partial charge in [-0.1, -0.05) is 33.6 Å². The molecule has 0 aliphatic carbocycles. The molecule has 0 saturated carbocycles. The van der Waals surface area contributed by atoms with Crippen molar-refractivity contribution in [2.75, 3.05) is 18.0 Å². The predicted octanol–water partition coefficient (Wildman–Crippen LogP) is 4.23. The Bertz CT molecular complexity index is 334. The van der Waals surface area contributed by atoms with Crippen LogP contribution in [0.5, 0.6) is 0 Å². The predicted molar refractivity (Wildman–Crippen MR) is 70.1 cm³/mol. The molecule has 3 heteroatoms. The van der Waals surface area contributed by atoms with E-state index in [9.17, 15) is 0 Å². The average molecular weight is 289 g/mol. The summed E-state index contributed by atoms with van der Waals surface area (Å²) in [4.78, 5) is 2.45. The number of benzene rings is 1. The molecule has 15 heavy (non-hydrogen) atoms. The van der Waals surface area contributed by atoms with Gasteiger partial charge in [0.1, 0.15) is 0 Å². The first-order valence-corrected chi connectivity index (χ1v) is 6.90. The highest BCUT2D eigenvalue weighted by Gasteiger charge is 2.14. The number of nitrogens with zero attached hydrogens (tertiary/aromatic N) is 1. The molecule has 1 aromatic rings. The molecule has 1 nitrogen and oxygen atoms in total. The maximum Gasteiger partial charge on any atom is 0.0426 e. The molecule has 0 atom stereocenters. The van der Waals surface area contributed by atoms with Crippen LogP contribution in [-0.4, -0.2) is 13.1 Å². The minimum absolute atomic E-state index is 0.834. The van der Waals surface area contributed by atoms with Crippen molar-refractivity contribution in [2.45, 2.75) is 24.6 Å². The van der Waals surface area contributed by atoms with Crippen LogP contribution in [0.2, 0.25) is 5.02 Å². The first-order chi connectivity index (χ1) is 7.31. The minimum Gasteiger partial charge on any atom is -0.371 e. The number of piperidine rings is 1. The zero-order valence-electron chi connectivity index (χ0n) is 8.68. The van der Waals surface area contributed by atoms with Gasteiger partial charge in [0.15, 0.2) is 0 Å². The molecule has 0 aromatic heterocycles. The first kappa shape index (κ1) is 11.3. The van der Waals surface area contributed by atoms with E-state index in [2.05, 4.69) is 33.0 Å². The third-order valence-electron chi connectivity index (χ3n) is 2.89. The molecule has 1 heterocycles. The van der Waals surface area contributed by atoms with Gasteiger partial charge in [-0.05, 0) is 37.0 Å². The van der Waals surface area contributed by atoms with E-state index in [4.69, 9.17) is 11.6 Å². The molecule has 0 amide bonds. The standard InChI is InChI=1S/C12H15BrClN/c13-9-10-4-5-11(14)8-12(10)15-6-2-1-3-7-15/h4-5,8H,1-3,6-7,9H2. The molecule has 82 valence electrons. The van der Waals surface area contributed by atoms with E-state index >= 15 is 0 Å². The van der Waals surface area contributed by atoms with Gasteiger partial charge in [-0.15, -0.1) is 0 Å². The summed E-state index contributed by atoms with van der Waals surface area (Å²) < 4.78 is 0. The smallest absolute Gasteiger partial charge is 0.0426 e. The Labute approximate surface area is 105 Å². The average Bonchev–Trinajstić information content (AvgIpc) is 2.30. The van der Waals surface area contributed by atoms with Gasteiger partial charge in [0.2, 0.25) is 0 Å². The van der Waals surface area contributed by atoms with Crippen LogP contribution in [0.25, 0.3) is 0 Å². The van der Waals surface area contributed by atoms with Crippen molar-refractivity contribution in [3.63, 3.8) is 0 Å². The summed E-state index contributed by atoms with van der Waals surface area (Å²) in [7, 11) is 0. The lowest BCUT2D eigenvalue weighted by molar-refractivity contribution is 0.577. The van der Waals surface area contributed by atoms with Crippen LogP contribution < -0.4 is 4.90 Å². The minimum atomic E-state index is 0.834. The molecule has 0 unspecified atom stereocenters. The van der Waals surface area contributed by atoms with Gasteiger partial charge in [-0.2, -0.15) is 0 Å². The van der Waals surface area contributed by atoms with E-state index < -0.39 is 0 Å². The van der Waals surface area contributed by atoms with Crippen LogP contribution in [0, 0.1) is 0 Å². The molecule has 1 aromatic carbocycles. The van der Waals surface area contributed by atoms with Crippen LogP contribution in [0.3, 0.4) is 0 Å². The van der Waals surface area contributed by atoms with Crippen LogP contribution in [0.15, 0.2) is 18.2 Å². The highest BCUT2D eigenvalue weighted by atomic mass is 79.9. The number of rotatable bonds is 2. The maximum atomic E-state index is 6.05. The summed E-state index contributed by atoms with van der Waals surface area (Å²) in [5, 5.41) is 1.73. The normalized spacial score (nSPS) is 16.8. The fraction of sp³-hybridized carbons (Fsp3) is 0.500. The van der Waals surface area contributed by atoms with Crippen LogP contribution >= 0.6 is 27.5 Å². The number of alkyl halides is 1. The van der Waals surface area contributed by atoms with Crippen molar-refractivity contribution in [1.29, 1.82) is 0 Å². The molecule has 0 N–H and O–H groups in total. The summed E-state index contributed by atoms with van der Waals surface area (Å²) in [5.74, 6) is 0. The topological polar surface area (TPSA) is 3.24 Å². The fourth-order valence-electron chi connectivity index (χ4n) is 2.08. The third-order valence-corrected chi connectivity index (χ3v) is 3.73. The van der Waals surface area contributed by atoms with E-state index in [1.807, 2.05) is 6.07 Å². The monoisotopic (exact) mass is 287 g/mol. The zero-order valence-corrected chi connectivity index (χ0v) is 11.0. The van der Waals surface area contributed by atoms with Crippen molar-refractivity contribution < 1.29 is 0 Å². The van der Waals surface area contributed by atoms with E-state index in [1.165, 1.54) is 43.6 Å². The van der Waals surface area contributed by atoms with Crippen molar-refractivity contribution in [3.8, 4) is 0 Å². The summed E-state index contributed by atoms with van der Waals surface area (Å²) in [6.07, 6.45) is 3.96. The summed E-state index contributed by atoms with van der Waals surface area (Å²) in [6, 6.07) is 6.16. The van der Waals surface area contributed by atoms with Gasteiger partial charge in [-0.25, -0.2) is 0 Å². The van der Waals surface area contributed by atoms with Crippen molar-refractivity contribution in [2.24, 2.45) is 0 Å². The Morgan fingerprint density at radius 2 is 1.93 bits per heavy atom. The van der Waals surface area contributed by atoms with Gasteiger partial charge < -0.3 is 4.90 Å². The van der Waals surface area contributed by atoms with Crippen molar-refractivity contribution in [3.05, 3.63) is 28.8 Å². The SMILES string of the molecule is Clc1ccc(CBr)c(N2CCCCC2)c1. The Morgan fingerprint density at radius 3 is 2.60 bits per heavy atom. The first-order valence-electron chi connectivity index (χ1n) is 5.40. The Morgan fingerprint density at radius 1 is 1.20 bits per heavy atom. The second-order valence-electron chi connectivity index (χ2n) is 3.95. The Balaban J connectivity index is 2.27. The van der Waals surface area contributed by atoms with Crippen LogP contribution in [0.1, 0.15) is 24.8 Å². The lowest BCUT2D eigenvalue weighted by atomic mass is 10.1. The zero-order chi connectivity index (χ0) is 10.7. The lowest BCUT2D eigenvalue weighted by Crippen LogP contribution is -2.30. The van der Waals surface area contributed by atoms with Crippen LogP contribution in [-0.2, 0) is 5.33 Å². The molecule has 1 fully saturated rings. The van der Waals surface area contributed by atoms with E-state index in [-0.39, 0.29) is 0 Å². The quantitative estimate of drug-likeness (QED) is 0.736. The second-order valence-corrected chi connectivity index (χ2v) is 4.95. The summed E-state index contributed by atoms with van der Waals surface area (Å²) >= 11 is 9.58. The molecule has 1 aliphatic rings. The second kappa shape index (κ2) is 5.22. The van der Waals surface area contributed by atoms with Crippen LogP contribution in [0.4, 0.5) is 5.69 Å². The molecule has 0 spiro atoms. The van der Waals surface area contributed by atoms with Gasteiger partial charge in [0.05, 0.1) is 0 Å². The summed E-state index contributed by atoms with van der Waals surface area (Å²) in [5.41, 5.74) is 2.64. The Hall–Kier alpha value is -0.210. The Kier molecular flexibility index (Phi) is 3.92. The molecule has 1 aliphatic heterocycles. The number of halogens is 2. The fourth-order valence-corrected chi connectivity index (χ4v) is 2.72. The molecule has 1 saturated heterocycles. The van der Waals surface area contributed by atoms with Gasteiger partial charge >= 0.3 is 0 Å². The molecule has 0 bridgehead atoms. The highest BCUT2D eigenvalue weighted by Crippen LogP contribution is 2.28. The van der Waals surface area contributed by atoms with Gasteiger partial charge in [-0.3, -0.25) is 0 Å². The molecular formula is C12H15BrClN. The van der Waals surface area contributed by atoms with Gasteiger partial charge in [0.25, 0.3) is 0 Å². The van der Waals surface area contributed by atoms with E-state index in [0.717, 1.165) is 10.4 Å². The number of anilines is 1. The molecule has 2 rings (SSSR count). The number of hydrogen-bond donors (Lipinski definition) is 0. The van der Waals surface area contributed by atoms with E-state index in [0.29, 0.717) is 0 Å². The van der Waals surface area contributed by atoms with Crippen molar-refractivity contribution in [1.82, 2.24) is 0 Å². The lowest BCUT2D eigenvalue weighted by Gasteiger charge is -2.30. The van der Waals surface area contributed by atoms with E-state index in [1.54, 1.807) is 0 Å². The van der Waals surface area contributed by atoms with Gasteiger partial charge in [0, 0.05) is 29.1 Å². The van der Waals surface area contributed by atoms with Crippen molar-refractivity contribution >= 4 is 33.2 Å². The molecular weight excluding hydrogens is 273 g/mol. The largest absolute Gasteiger partial charge is 0.371 e. The summed E-state index contributed by atoms with van der Waals surface area (Å²) in [6.45, 7) is 2.33. The molecule has 0 radical (unpaired) electrons.